The zero-order valence-electron chi connectivity index (χ0n) is 69.1. The average molecular weight is 1340 g/mol. The molecular formula is C81H79N4OPt-3. The SMILES string of the molecule is [2H]c1c([2H])c(-c2c([2H])c(C(C)(C)C)c([2H])c(C([2H])([2H])C(C)(C)C)c2[2H])c([2H])c([2H])c1-c1cccc(-c2c([2H])c([2H])c3c(c2[2H])C(C)(C)CCC3(C)C)c1N1[CH-]N(c2[c-]c(Oc3[c-]c4c(cc3)c3c([2H])c([2H])c([2H])c([2H])c3n4-c3cc(C([2H])([2H])C(C)C)c(-c4ccccc4)cn3)ccc2)c2ccccc21.[Pt]. The summed E-state index contributed by atoms with van der Waals surface area (Å²) >= 11 is 0. The van der Waals surface area contributed by atoms with Gasteiger partial charge >= 0.3 is 0 Å². The first-order valence-corrected chi connectivity index (χ1v) is 29.4. The molecule has 1 aliphatic carbocycles. The number of aromatic nitrogens is 2. The van der Waals surface area contributed by atoms with Gasteiger partial charge in [-0.3, -0.25) is 0 Å². The number of nitrogens with zero attached hydrogens (tertiary/aromatic N) is 4. The smallest absolute Gasteiger partial charge is 0.135 e. The number of rotatable bonds is 12. The first-order chi connectivity index (χ1) is 48.6. The number of anilines is 4. The van der Waals surface area contributed by atoms with Crippen LogP contribution in [0.15, 0.2) is 200 Å². The van der Waals surface area contributed by atoms with Gasteiger partial charge in [0, 0.05) is 83.5 Å². The number of benzene rings is 9. The molecule has 6 heteroatoms. The Kier molecular flexibility index (Phi) is 10.9. The van der Waals surface area contributed by atoms with Gasteiger partial charge in [-0.05, 0) is 138 Å². The van der Waals surface area contributed by atoms with Crippen molar-refractivity contribution in [2.45, 2.75) is 125 Å². The molecule has 0 bridgehead atoms. The van der Waals surface area contributed by atoms with Crippen LogP contribution < -0.4 is 14.5 Å². The van der Waals surface area contributed by atoms with Crippen LogP contribution in [0.25, 0.3) is 72.1 Å². The van der Waals surface area contributed by atoms with E-state index >= 15 is 0 Å². The fourth-order valence-electron chi connectivity index (χ4n) is 11.6. The van der Waals surface area contributed by atoms with E-state index in [1.807, 2.05) is 87.2 Å². The van der Waals surface area contributed by atoms with E-state index in [0.29, 0.717) is 57.5 Å². The monoisotopic (exact) mass is 1340 g/mol. The molecule has 0 saturated carbocycles. The summed E-state index contributed by atoms with van der Waals surface area (Å²) in [5, 5.41) is 0.598. The van der Waals surface area contributed by atoms with Crippen molar-refractivity contribution < 1.29 is 50.5 Å². The first kappa shape index (κ1) is 41.2. The molecule has 5 nitrogen and oxygen atoms in total. The minimum absolute atomic E-state index is 0. The van der Waals surface area contributed by atoms with E-state index in [-0.39, 0.29) is 136 Å². The molecular weight excluding hydrogens is 1240 g/mol. The van der Waals surface area contributed by atoms with Gasteiger partial charge in [0.15, 0.2) is 0 Å². The summed E-state index contributed by atoms with van der Waals surface area (Å²) in [5.74, 6) is 0.0216. The number of hydrogen-bond acceptors (Lipinski definition) is 4. The fraction of sp³-hybridized carbons (Fsp3) is 0.259. The zero-order chi connectivity index (χ0) is 75.6. The molecule has 0 atom stereocenters. The molecule has 1 aliphatic heterocycles. The maximum Gasteiger partial charge on any atom is 0.135 e. The van der Waals surface area contributed by atoms with Crippen LogP contribution in [0.4, 0.5) is 22.7 Å². The van der Waals surface area contributed by atoms with Crippen molar-refractivity contribution in [1.82, 2.24) is 9.55 Å². The average Bonchev–Trinajstić information content (AvgIpc) is 1.70. The van der Waals surface area contributed by atoms with Gasteiger partial charge in [-0.25, -0.2) is 4.98 Å². The topological polar surface area (TPSA) is 33.5 Å². The maximum absolute atomic E-state index is 10.3. The van der Waals surface area contributed by atoms with Crippen LogP contribution in [0.5, 0.6) is 11.5 Å². The van der Waals surface area contributed by atoms with Gasteiger partial charge in [0.2, 0.25) is 0 Å². The Morgan fingerprint density at radius 2 is 1.28 bits per heavy atom. The van der Waals surface area contributed by atoms with Gasteiger partial charge in [0.25, 0.3) is 0 Å². The van der Waals surface area contributed by atoms with Crippen molar-refractivity contribution in [2.24, 2.45) is 11.3 Å². The largest absolute Gasteiger partial charge is 0.509 e. The molecule has 0 saturated heterocycles. The van der Waals surface area contributed by atoms with Crippen LogP contribution in [-0.4, -0.2) is 9.55 Å². The third-order valence-corrected chi connectivity index (χ3v) is 16.0. The fourth-order valence-corrected chi connectivity index (χ4v) is 11.6. The standard InChI is InChI=1S/C81H79N4O.Pt/c1-53(2)42-60-47-76(82-51-69(60)56-22-14-13-15-23-56)85-72-29-17-16-26-67(72)68-38-37-64(49-75(68)85)86-63-25-20-24-62(48-63)83-52-84(74-31-19-18-30-73(74)83)77-65(27-21-28-66(77)58-36-39-70-71(46-58)81(11,12)41-40-80(70,9)10)57-34-32-55(33-35-57)59-43-54(50-78(3,4)5)44-61(45-59)79(6,7)8;/h13-39,43-47,51-53H,40-42,50H2,1-12H3;/q-3;/i16D,17D,26D,29D,32D,33D,34D,35D,36D,39D,42D2,43D,44D,45D,46D,50D2;. The van der Waals surface area contributed by atoms with Gasteiger partial charge in [-0.15, -0.1) is 48.1 Å². The van der Waals surface area contributed by atoms with Crippen molar-refractivity contribution in [3.8, 4) is 61.8 Å². The van der Waals surface area contributed by atoms with Gasteiger partial charge < -0.3 is 19.1 Å². The minimum atomic E-state index is -2.35. The molecule has 3 heterocycles. The van der Waals surface area contributed by atoms with Crippen molar-refractivity contribution >= 4 is 44.6 Å². The number of ether oxygens (including phenoxy) is 1. The summed E-state index contributed by atoms with van der Waals surface area (Å²) in [6.07, 6.45) is -1.27. The van der Waals surface area contributed by atoms with Gasteiger partial charge in [0.1, 0.15) is 5.82 Å². The molecule has 13 rings (SSSR count). The maximum atomic E-state index is 10.3. The summed E-state index contributed by atoms with van der Waals surface area (Å²) < 4.78 is 181. The van der Waals surface area contributed by atoms with Crippen LogP contribution >= 0.6 is 0 Å². The van der Waals surface area contributed by atoms with Gasteiger partial charge in [-0.1, -0.05) is 228 Å². The summed E-state index contributed by atoms with van der Waals surface area (Å²) in [4.78, 5) is 8.51. The third kappa shape index (κ3) is 11.6. The molecule has 9 aromatic carbocycles. The van der Waals surface area contributed by atoms with E-state index in [9.17, 15) is 21.9 Å². The summed E-state index contributed by atoms with van der Waals surface area (Å²) in [6, 6.07) is 33.1. The molecule has 2 aliphatic rings. The Hall–Kier alpha value is -7.98. The molecule has 442 valence electrons. The number of pyridine rings is 1. The Balaban J connectivity index is 0.0000104. The Labute approximate surface area is 556 Å². The normalized spacial score (nSPS) is 17.8. The van der Waals surface area contributed by atoms with Gasteiger partial charge in [-0.2, -0.15) is 12.1 Å². The minimum Gasteiger partial charge on any atom is -0.509 e. The molecule has 0 N–H and O–H groups in total. The molecule has 0 unspecified atom stereocenters. The van der Waals surface area contributed by atoms with Crippen LogP contribution in [0.1, 0.15) is 148 Å². The number of hydrogen-bond donors (Lipinski definition) is 0. The van der Waals surface area contributed by atoms with E-state index in [4.69, 9.17) is 12.5 Å². The second-order valence-corrected chi connectivity index (χ2v) is 26.1. The first-order valence-electron chi connectivity index (χ1n) is 38.4. The van der Waals surface area contributed by atoms with Crippen LogP contribution in [0.3, 0.4) is 0 Å². The van der Waals surface area contributed by atoms with Crippen LogP contribution in [0.2, 0.25) is 0 Å². The molecule has 87 heavy (non-hydrogen) atoms. The van der Waals surface area contributed by atoms with Gasteiger partial charge in [0.05, 0.1) is 19.2 Å². The Morgan fingerprint density at radius 1 is 0.621 bits per heavy atom. The van der Waals surface area contributed by atoms with E-state index in [2.05, 4.69) is 12.1 Å². The summed E-state index contributed by atoms with van der Waals surface area (Å²) in [5.41, 5.74) is 0.811. The molecule has 0 radical (unpaired) electrons. The van der Waals surface area contributed by atoms with Crippen molar-refractivity contribution in [3.05, 3.63) is 247 Å². The third-order valence-electron chi connectivity index (χ3n) is 16.0. The molecule has 0 amide bonds. The van der Waals surface area contributed by atoms with E-state index in [1.165, 1.54) is 0 Å². The Bertz CT molecular complexity index is 5400. The molecule has 11 aromatic rings. The molecule has 0 fully saturated rings. The zero-order valence-corrected chi connectivity index (χ0v) is 53.3. The second kappa shape index (κ2) is 22.9. The van der Waals surface area contributed by atoms with E-state index in [0.717, 1.165) is 5.56 Å². The van der Waals surface area contributed by atoms with Crippen molar-refractivity contribution in [1.29, 1.82) is 0 Å². The Morgan fingerprint density at radius 3 is 2.00 bits per heavy atom. The second-order valence-electron chi connectivity index (χ2n) is 26.1. The number of fused-ring (bicyclic) bond motifs is 5. The number of para-hydroxylation sites is 4. The summed E-state index contributed by atoms with van der Waals surface area (Å²) in [6.45, 7) is 23.6. The van der Waals surface area contributed by atoms with Crippen molar-refractivity contribution in [2.75, 3.05) is 9.80 Å². The predicted molar refractivity (Wildman–Crippen MR) is 362 cm³/mol. The van der Waals surface area contributed by atoms with Crippen LogP contribution in [0, 0.1) is 30.1 Å². The summed E-state index contributed by atoms with van der Waals surface area (Å²) in [7, 11) is 0. The van der Waals surface area contributed by atoms with Crippen molar-refractivity contribution in [3.63, 3.8) is 0 Å². The molecule has 0 spiro atoms. The van der Waals surface area contributed by atoms with Crippen LogP contribution in [-0.2, 0) is 50.1 Å². The predicted octanol–water partition coefficient (Wildman–Crippen LogP) is 22.1. The quantitative estimate of drug-likeness (QED) is 0.114. The molecule has 2 aromatic heterocycles. The van der Waals surface area contributed by atoms with E-state index in [1.54, 1.807) is 132 Å². The van der Waals surface area contributed by atoms with E-state index < -0.39 is 94.2 Å².